The number of sulfonamides is 1. The van der Waals surface area contributed by atoms with Gasteiger partial charge in [0.25, 0.3) is 10.0 Å². The van der Waals surface area contributed by atoms with Gasteiger partial charge in [0.05, 0.1) is 17.2 Å². The molecule has 0 unspecified atom stereocenters. The molecule has 4 aliphatic rings. The molecule has 0 aromatic heterocycles. The number of ether oxygens (including phenoxy) is 3. The highest BCUT2D eigenvalue weighted by Crippen LogP contribution is 2.60. The van der Waals surface area contributed by atoms with Crippen molar-refractivity contribution < 1.29 is 32.2 Å². The quantitative estimate of drug-likeness (QED) is 0.383. The van der Waals surface area contributed by atoms with Gasteiger partial charge in [0.1, 0.15) is 11.5 Å². The van der Waals surface area contributed by atoms with Crippen molar-refractivity contribution in [2.75, 3.05) is 31.2 Å². The predicted molar refractivity (Wildman–Crippen MR) is 142 cm³/mol. The minimum absolute atomic E-state index is 0.0612. The number of Topliss-reactive ketones (excluding diaryl/α,β-unsaturated/α-hetero) is 1. The first kappa shape index (κ1) is 26.5. The van der Waals surface area contributed by atoms with Crippen LogP contribution in [0.3, 0.4) is 0 Å². The van der Waals surface area contributed by atoms with Crippen molar-refractivity contribution in [3.05, 3.63) is 48.5 Å². The molecule has 0 amide bonds. The molecule has 204 valence electrons. The lowest BCUT2D eigenvalue weighted by Gasteiger charge is -2.55. The molecule has 2 aromatic rings. The lowest BCUT2D eigenvalue weighted by atomic mass is 9.48. The van der Waals surface area contributed by atoms with Crippen LogP contribution in [0.2, 0.25) is 0 Å². The molecule has 9 heteroatoms. The molecule has 8 nitrogen and oxygen atoms in total. The second kappa shape index (κ2) is 10.6. The van der Waals surface area contributed by atoms with E-state index in [1.807, 2.05) is 6.92 Å². The van der Waals surface area contributed by atoms with Gasteiger partial charge < -0.3 is 14.2 Å². The summed E-state index contributed by atoms with van der Waals surface area (Å²) in [5, 5.41) is 0. The summed E-state index contributed by atoms with van der Waals surface area (Å²) in [6.07, 6.45) is 6.59. The van der Waals surface area contributed by atoms with Gasteiger partial charge in [0, 0.05) is 12.5 Å². The first-order valence-corrected chi connectivity index (χ1v) is 14.8. The van der Waals surface area contributed by atoms with Gasteiger partial charge in [0.15, 0.2) is 19.0 Å². The van der Waals surface area contributed by atoms with Crippen LogP contribution in [0, 0.1) is 23.2 Å². The minimum atomic E-state index is -3.76. The number of hydrogen-bond acceptors (Lipinski definition) is 7. The van der Waals surface area contributed by atoms with Crippen molar-refractivity contribution in [1.29, 1.82) is 0 Å². The number of esters is 1. The molecule has 4 saturated carbocycles. The Morgan fingerprint density at radius 2 is 1.37 bits per heavy atom. The Balaban J connectivity index is 1.11. The number of benzene rings is 2. The molecule has 38 heavy (non-hydrogen) atoms. The van der Waals surface area contributed by atoms with Crippen molar-refractivity contribution in [2.45, 2.75) is 50.3 Å². The third kappa shape index (κ3) is 5.39. The van der Waals surface area contributed by atoms with Crippen molar-refractivity contribution in [1.82, 2.24) is 0 Å². The Hall–Kier alpha value is -3.07. The van der Waals surface area contributed by atoms with Crippen LogP contribution in [0.25, 0.3) is 0 Å². The van der Waals surface area contributed by atoms with E-state index in [-0.39, 0.29) is 29.3 Å². The van der Waals surface area contributed by atoms with Gasteiger partial charge in [0.2, 0.25) is 0 Å². The smallest absolute Gasteiger partial charge is 0.344 e. The zero-order valence-corrected chi connectivity index (χ0v) is 22.7. The second-order valence-corrected chi connectivity index (χ2v) is 12.9. The number of carbonyl (C=O) groups excluding carboxylic acids is 2. The summed E-state index contributed by atoms with van der Waals surface area (Å²) in [4.78, 5) is 25.5. The topological polar surface area (TPSA) is 99.2 Å². The molecule has 4 bridgehead atoms. The molecule has 4 fully saturated rings. The highest BCUT2D eigenvalue weighted by Gasteiger charge is 2.54. The highest BCUT2D eigenvalue weighted by molar-refractivity contribution is 7.92. The fraction of sp³-hybridized carbons (Fsp3) is 0.517. The van der Waals surface area contributed by atoms with E-state index in [1.165, 1.54) is 42.7 Å². The van der Waals surface area contributed by atoms with Crippen molar-refractivity contribution in [3.8, 4) is 11.5 Å². The summed E-state index contributed by atoms with van der Waals surface area (Å²) >= 11 is 0. The summed E-state index contributed by atoms with van der Waals surface area (Å²) in [6.45, 7) is 1.84. The molecule has 0 saturated heterocycles. The molecule has 0 radical (unpaired) electrons. The summed E-state index contributed by atoms with van der Waals surface area (Å²) in [7, 11) is -2.29. The summed E-state index contributed by atoms with van der Waals surface area (Å²) in [6, 6.07) is 12.6. The maximum Gasteiger partial charge on any atom is 0.344 e. The third-order valence-corrected chi connectivity index (χ3v) is 10.1. The van der Waals surface area contributed by atoms with E-state index in [9.17, 15) is 18.0 Å². The number of anilines is 1. The Morgan fingerprint density at radius 3 is 1.92 bits per heavy atom. The Labute approximate surface area is 224 Å². The summed E-state index contributed by atoms with van der Waals surface area (Å²) < 4.78 is 43.3. The van der Waals surface area contributed by atoms with E-state index in [2.05, 4.69) is 0 Å². The van der Waals surface area contributed by atoms with Crippen LogP contribution in [-0.2, 0) is 24.3 Å². The molecule has 0 heterocycles. The van der Waals surface area contributed by atoms with E-state index >= 15 is 0 Å². The highest BCUT2D eigenvalue weighted by atomic mass is 32.2. The van der Waals surface area contributed by atoms with E-state index in [1.54, 1.807) is 36.4 Å². The molecule has 4 aliphatic carbocycles. The average molecular weight is 542 g/mol. The lowest BCUT2D eigenvalue weighted by Crippen LogP contribution is -2.51. The number of carbonyl (C=O) groups is 2. The number of nitrogens with zero attached hydrogens (tertiary/aromatic N) is 1. The van der Waals surface area contributed by atoms with E-state index in [0.29, 0.717) is 41.5 Å². The van der Waals surface area contributed by atoms with Gasteiger partial charge in [-0.15, -0.1) is 0 Å². The fourth-order valence-corrected chi connectivity index (χ4v) is 8.05. The fourth-order valence-electron chi connectivity index (χ4n) is 6.86. The third-order valence-electron chi connectivity index (χ3n) is 8.34. The SMILES string of the molecule is CCOc1ccc(S(=O)(=O)N(C)c2ccc(OCC(=O)OCC(=O)C34CC5CC(CC(C5)C3)C4)cc2)cc1. The number of ketones is 1. The first-order chi connectivity index (χ1) is 18.2. The van der Waals surface area contributed by atoms with Crippen molar-refractivity contribution >= 4 is 27.5 Å². The van der Waals surface area contributed by atoms with Crippen LogP contribution in [0.1, 0.15) is 45.4 Å². The Kier molecular flexibility index (Phi) is 7.40. The standard InChI is InChI=1S/C29H35NO7S/c1-3-35-24-8-10-26(11-9-24)38(33,34)30(2)23-4-6-25(7-5-23)36-19-28(32)37-18-27(31)29-15-20-12-21(16-29)14-22(13-20)17-29/h4-11,20-22H,3,12-19H2,1-2H3. The molecule has 6 rings (SSSR count). The van der Waals surface area contributed by atoms with Gasteiger partial charge in [-0.05, 0) is 112 Å². The van der Waals surface area contributed by atoms with Crippen LogP contribution in [-0.4, -0.2) is 47.0 Å². The molecular formula is C29H35NO7S. The minimum Gasteiger partial charge on any atom is -0.494 e. The molecule has 2 aromatic carbocycles. The number of hydrogen-bond donors (Lipinski definition) is 0. The zero-order valence-electron chi connectivity index (χ0n) is 21.9. The summed E-state index contributed by atoms with van der Waals surface area (Å²) in [5.41, 5.74) is 0.152. The Morgan fingerprint density at radius 1 is 0.842 bits per heavy atom. The normalized spacial score (nSPS) is 25.6. The molecular weight excluding hydrogens is 506 g/mol. The van der Waals surface area contributed by atoms with E-state index in [0.717, 1.165) is 19.3 Å². The van der Waals surface area contributed by atoms with Crippen LogP contribution in [0.15, 0.2) is 53.4 Å². The van der Waals surface area contributed by atoms with Gasteiger partial charge in [-0.3, -0.25) is 9.10 Å². The molecule has 0 N–H and O–H groups in total. The average Bonchev–Trinajstić information content (AvgIpc) is 2.90. The van der Waals surface area contributed by atoms with Gasteiger partial charge in [-0.1, -0.05) is 0 Å². The van der Waals surface area contributed by atoms with Gasteiger partial charge in [-0.25, -0.2) is 13.2 Å². The zero-order chi connectivity index (χ0) is 26.9. The second-order valence-electron chi connectivity index (χ2n) is 10.9. The van der Waals surface area contributed by atoms with Gasteiger partial charge in [-0.2, -0.15) is 0 Å². The Bertz CT molecular complexity index is 1240. The summed E-state index contributed by atoms with van der Waals surface area (Å²) in [5.74, 6) is 2.43. The van der Waals surface area contributed by atoms with Crippen LogP contribution >= 0.6 is 0 Å². The van der Waals surface area contributed by atoms with Crippen molar-refractivity contribution in [2.24, 2.45) is 23.2 Å². The maximum absolute atomic E-state index is 13.0. The number of rotatable bonds is 11. The van der Waals surface area contributed by atoms with Gasteiger partial charge >= 0.3 is 5.97 Å². The lowest BCUT2D eigenvalue weighted by molar-refractivity contribution is -0.158. The van der Waals surface area contributed by atoms with E-state index < -0.39 is 16.0 Å². The van der Waals surface area contributed by atoms with Crippen LogP contribution in [0.4, 0.5) is 5.69 Å². The van der Waals surface area contributed by atoms with Crippen molar-refractivity contribution in [3.63, 3.8) is 0 Å². The first-order valence-electron chi connectivity index (χ1n) is 13.3. The van der Waals surface area contributed by atoms with Crippen LogP contribution < -0.4 is 13.8 Å². The molecule has 0 atom stereocenters. The largest absolute Gasteiger partial charge is 0.494 e. The van der Waals surface area contributed by atoms with E-state index in [4.69, 9.17) is 14.2 Å². The molecule has 0 aliphatic heterocycles. The monoisotopic (exact) mass is 541 g/mol. The molecule has 0 spiro atoms. The van der Waals surface area contributed by atoms with Crippen LogP contribution in [0.5, 0.6) is 11.5 Å². The maximum atomic E-state index is 13.0. The predicted octanol–water partition coefficient (Wildman–Crippen LogP) is 4.62.